The minimum absolute atomic E-state index is 0.131. The van der Waals surface area contributed by atoms with Crippen LogP contribution in [-0.4, -0.2) is 17.9 Å². The Kier molecular flexibility index (Phi) is 4.96. The van der Waals surface area contributed by atoms with Crippen LogP contribution < -0.4 is 10.6 Å². The molecule has 114 valence electrons. The minimum Gasteiger partial charge on any atom is -0.383 e. The Labute approximate surface area is 141 Å². The number of amides is 1. The molecule has 7 heteroatoms. The van der Waals surface area contributed by atoms with Gasteiger partial charge in [-0.3, -0.25) is 14.9 Å². The average molecular weight is 411 g/mol. The predicted molar refractivity (Wildman–Crippen MR) is 94.5 cm³/mol. The van der Waals surface area contributed by atoms with Gasteiger partial charge in [-0.05, 0) is 59.3 Å². The molecule has 2 aromatic carbocycles. The second-order valence-electron chi connectivity index (χ2n) is 4.66. The van der Waals surface area contributed by atoms with Gasteiger partial charge in [-0.2, -0.15) is 0 Å². The number of hydrogen-bond acceptors (Lipinski definition) is 4. The van der Waals surface area contributed by atoms with Crippen LogP contribution in [0.25, 0.3) is 0 Å². The summed E-state index contributed by atoms with van der Waals surface area (Å²) in [6.07, 6.45) is 0. The van der Waals surface area contributed by atoms with Gasteiger partial charge >= 0.3 is 0 Å². The second-order valence-corrected chi connectivity index (χ2v) is 5.82. The van der Waals surface area contributed by atoms with Crippen molar-refractivity contribution in [3.63, 3.8) is 0 Å². The fourth-order valence-electron chi connectivity index (χ4n) is 1.91. The highest BCUT2D eigenvalue weighted by atomic mass is 127. The van der Waals surface area contributed by atoms with E-state index in [-0.39, 0.29) is 17.2 Å². The Morgan fingerprint density at radius 2 is 1.95 bits per heavy atom. The Morgan fingerprint density at radius 1 is 1.23 bits per heavy atom. The molecule has 0 saturated carbocycles. The molecule has 0 atom stereocenters. The number of benzene rings is 2. The Balaban J connectivity index is 2.27. The third-order valence-corrected chi connectivity index (χ3v) is 4.32. The highest BCUT2D eigenvalue weighted by molar-refractivity contribution is 14.1. The highest BCUT2D eigenvalue weighted by Crippen LogP contribution is 2.25. The van der Waals surface area contributed by atoms with Crippen molar-refractivity contribution >= 4 is 45.6 Å². The maximum absolute atomic E-state index is 12.2. The molecule has 0 spiro atoms. The van der Waals surface area contributed by atoms with Crippen molar-refractivity contribution in [2.75, 3.05) is 17.7 Å². The van der Waals surface area contributed by atoms with Crippen LogP contribution in [0.4, 0.5) is 17.1 Å². The first-order valence-corrected chi connectivity index (χ1v) is 7.54. The SMILES string of the molecule is CNc1ccc(C(=O)Nc2ccc(C)c(I)c2)cc1[N+](=O)[O-]. The average Bonchev–Trinajstić information content (AvgIpc) is 2.50. The third-order valence-electron chi connectivity index (χ3n) is 3.16. The number of carbonyl (C=O) groups is 1. The van der Waals surface area contributed by atoms with Crippen molar-refractivity contribution in [1.29, 1.82) is 0 Å². The van der Waals surface area contributed by atoms with E-state index in [4.69, 9.17) is 0 Å². The number of nitrogens with zero attached hydrogens (tertiary/aromatic N) is 1. The van der Waals surface area contributed by atoms with E-state index in [1.54, 1.807) is 19.2 Å². The maximum Gasteiger partial charge on any atom is 0.293 e. The lowest BCUT2D eigenvalue weighted by Gasteiger charge is -2.08. The van der Waals surface area contributed by atoms with Crippen LogP contribution in [0.3, 0.4) is 0 Å². The first kappa shape index (κ1) is 16.2. The molecule has 1 amide bonds. The lowest BCUT2D eigenvalue weighted by atomic mass is 10.1. The monoisotopic (exact) mass is 411 g/mol. The number of halogens is 1. The van der Waals surface area contributed by atoms with Gasteiger partial charge in [0.1, 0.15) is 5.69 Å². The summed E-state index contributed by atoms with van der Waals surface area (Å²) >= 11 is 2.19. The van der Waals surface area contributed by atoms with Crippen molar-refractivity contribution < 1.29 is 9.72 Å². The standard InChI is InChI=1S/C15H14IN3O3/c1-9-3-5-11(8-12(9)16)18-15(20)10-4-6-13(17-2)14(7-10)19(21)22/h3-8,17H,1-2H3,(H,18,20). The van der Waals surface area contributed by atoms with E-state index < -0.39 is 4.92 Å². The van der Waals surface area contributed by atoms with Gasteiger partial charge < -0.3 is 10.6 Å². The minimum atomic E-state index is -0.516. The molecule has 0 unspecified atom stereocenters. The van der Waals surface area contributed by atoms with Gasteiger partial charge in [-0.25, -0.2) is 0 Å². The summed E-state index contributed by atoms with van der Waals surface area (Å²) in [6.45, 7) is 1.98. The molecule has 0 heterocycles. The van der Waals surface area contributed by atoms with E-state index >= 15 is 0 Å². The molecule has 0 aliphatic rings. The summed E-state index contributed by atoms with van der Waals surface area (Å²) in [6, 6.07) is 9.89. The molecule has 2 N–H and O–H groups in total. The van der Waals surface area contributed by atoms with E-state index in [1.807, 2.05) is 19.1 Å². The maximum atomic E-state index is 12.2. The molecule has 0 aliphatic heterocycles. The number of nitro benzene ring substituents is 1. The smallest absolute Gasteiger partial charge is 0.293 e. The number of nitro groups is 1. The lowest BCUT2D eigenvalue weighted by Crippen LogP contribution is -2.12. The molecule has 0 aliphatic carbocycles. The van der Waals surface area contributed by atoms with Crippen LogP contribution in [0.2, 0.25) is 0 Å². The number of nitrogens with one attached hydrogen (secondary N) is 2. The number of hydrogen-bond donors (Lipinski definition) is 2. The van der Waals surface area contributed by atoms with Crippen LogP contribution in [0.15, 0.2) is 36.4 Å². The fraction of sp³-hybridized carbons (Fsp3) is 0.133. The zero-order chi connectivity index (χ0) is 16.3. The Bertz CT molecular complexity index is 747. The van der Waals surface area contributed by atoms with Gasteiger partial charge in [0.2, 0.25) is 0 Å². The van der Waals surface area contributed by atoms with E-state index in [0.717, 1.165) is 9.13 Å². The molecule has 0 radical (unpaired) electrons. The summed E-state index contributed by atoms with van der Waals surface area (Å²) in [4.78, 5) is 22.7. The van der Waals surface area contributed by atoms with Gasteiger partial charge in [-0.15, -0.1) is 0 Å². The second kappa shape index (κ2) is 6.73. The zero-order valence-electron chi connectivity index (χ0n) is 12.0. The van der Waals surface area contributed by atoms with E-state index in [2.05, 4.69) is 33.2 Å². The summed E-state index contributed by atoms with van der Waals surface area (Å²) in [5, 5.41) is 16.5. The summed E-state index contributed by atoms with van der Waals surface area (Å²) in [5.74, 6) is -0.384. The third kappa shape index (κ3) is 3.53. The molecular formula is C15H14IN3O3. The van der Waals surface area contributed by atoms with E-state index in [0.29, 0.717) is 11.4 Å². The molecule has 6 nitrogen and oxygen atoms in total. The largest absolute Gasteiger partial charge is 0.383 e. The van der Waals surface area contributed by atoms with Crippen molar-refractivity contribution in [3.05, 3.63) is 61.2 Å². The van der Waals surface area contributed by atoms with Crippen LogP contribution >= 0.6 is 22.6 Å². The van der Waals surface area contributed by atoms with Gasteiger partial charge in [0, 0.05) is 27.9 Å². The molecule has 0 fully saturated rings. The predicted octanol–water partition coefficient (Wildman–Crippen LogP) is 3.80. The van der Waals surface area contributed by atoms with Crippen LogP contribution in [-0.2, 0) is 0 Å². The fourth-order valence-corrected chi connectivity index (χ4v) is 2.42. The topological polar surface area (TPSA) is 84.3 Å². The van der Waals surface area contributed by atoms with Gasteiger partial charge in [0.05, 0.1) is 4.92 Å². The van der Waals surface area contributed by atoms with Crippen LogP contribution in [0.5, 0.6) is 0 Å². The van der Waals surface area contributed by atoms with Gasteiger partial charge in [0.25, 0.3) is 11.6 Å². The highest BCUT2D eigenvalue weighted by Gasteiger charge is 2.17. The molecule has 0 saturated heterocycles. The normalized spacial score (nSPS) is 10.1. The molecule has 2 aromatic rings. The molecule has 22 heavy (non-hydrogen) atoms. The van der Waals surface area contributed by atoms with Crippen molar-refractivity contribution in [2.45, 2.75) is 6.92 Å². The van der Waals surface area contributed by atoms with Gasteiger partial charge in [-0.1, -0.05) is 6.07 Å². The van der Waals surface area contributed by atoms with Crippen molar-refractivity contribution in [1.82, 2.24) is 0 Å². The summed E-state index contributed by atoms with van der Waals surface area (Å²) in [5.41, 5.74) is 2.24. The number of rotatable bonds is 4. The molecule has 0 aromatic heterocycles. The van der Waals surface area contributed by atoms with E-state index in [1.165, 1.54) is 12.1 Å². The Hall–Kier alpha value is -2.16. The number of anilines is 2. The van der Waals surface area contributed by atoms with E-state index in [9.17, 15) is 14.9 Å². The Morgan fingerprint density at radius 3 is 2.55 bits per heavy atom. The van der Waals surface area contributed by atoms with Crippen LogP contribution in [0.1, 0.15) is 15.9 Å². The quantitative estimate of drug-likeness (QED) is 0.456. The molecular weight excluding hydrogens is 397 g/mol. The van der Waals surface area contributed by atoms with Gasteiger partial charge in [0.15, 0.2) is 0 Å². The lowest BCUT2D eigenvalue weighted by molar-refractivity contribution is -0.384. The zero-order valence-corrected chi connectivity index (χ0v) is 14.2. The van der Waals surface area contributed by atoms with Crippen molar-refractivity contribution in [2.24, 2.45) is 0 Å². The summed E-state index contributed by atoms with van der Waals surface area (Å²) < 4.78 is 1.03. The summed E-state index contributed by atoms with van der Waals surface area (Å²) in [7, 11) is 1.59. The molecule has 0 bridgehead atoms. The number of carbonyl (C=O) groups excluding carboxylic acids is 1. The number of aryl methyl sites for hydroxylation is 1. The molecule has 2 rings (SSSR count). The van der Waals surface area contributed by atoms with Crippen molar-refractivity contribution in [3.8, 4) is 0 Å². The first-order chi connectivity index (χ1) is 10.4. The first-order valence-electron chi connectivity index (χ1n) is 6.46. The van der Waals surface area contributed by atoms with Crippen LogP contribution in [0, 0.1) is 20.6 Å².